The summed E-state index contributed by atoms with van der Waals surface area (Å²) < 4.78 is 27.6. The van der Waals surface area contributed by atoms with Crippen molar-refractivity contribution in [3.8, 4) is 0 Å². The summed E-state index contributed by atoms with van der Waals surface area (Å²) in [6.07, 6.45) is 0.673. The quantitative estimate of drug-likeness (QED) is 0.816. The number of aryl methyl sites for hydroxylation is 1. The summed E-state index contributed by atoms with van der Waals surface area (Å²) in [4.78, 5) is 4.44. The maximum atomic E-state index is 12.5. The molecule has 2 aromatic rings. The molecule has 0 fully saturated rings. The van der Waals surface area contributed by atoms with Gasteiger partial charge in [0, 0.05) is 11.9 Å². The van der Waals surface area contributed by atoms with Crippen molar-refractivity contribution in [1.29, 1.82) is 0 Å². The van der Waals surface area contributed by atoms with Gasteiger partial charge in [0.25, 0.3) is 0 Å². The minimum atomic E-state index is -3.53. The Balaban J connectivity index is 2.26. The normalized spacial score (nSPS) is 11.7. The lowest BCUT2D eigenvalue weighted by molar-refractivity contribution is 0.579. The van der Waals surface area contributed by atoms with E-state index in [-0.39, 0.29) is 6.54 Å². The molecule has 114 valence electrons. The van der Waals surface area contributed by atoms with Gasteiger partial charge in [0.05, 0.1) is 22.6 Å². The molecule has 0 spiro atoms. The van der Waals surface area contributed by atoms with Gasteiger partial charge in [-0.05, 0) is 30.7 Å². The topological polar surface area (TPSA) is 71.1 Å². The zero-order chi connectivity index (χ0) is 15.3. The molecule has 0 saturated carbocycles. The minimum absolute atomic E-state index is 0.214. The Kier molecular flexibility index (Phi) is 5.46. The van der Waals surface area contributed by atoms with Gasteiger partial charge in [0.1, 0.15) is 0 Å². The van der Waals surface area contributed by atoms with Crippen molar-refractivity contribution >= 4 is 21.4 Å². The first kappa shape index (κ1) is 16.1. The smallest absolute Gasteiger partial charge is 0.241 e. The first-order valence-corrected chi connectivity index (χ1v) is 9.12. The SMILES string of the molecule is CCc1ccc(CNC)cc1S(=O)(=O)NCc1cscn1. The van der Waals surface area contributed by atoms with E-state index in [2.05, 4.69) is 15.0 Å². The summed E-state index contributed by atoms with van der Waals surface area (Å²) in [5.41, 5.74) is 4.19. The van der Waals surface area contributed by atoms with Crippen LogP contribution in [0.3, 0.4) is 0 Å². The molecule has 2 rings (SSSR count). The molecule has 1 heterocycles. The van der Waals surface area contributed by atoms with Gasteiger partial charge in [-0.1, -0.05) is 19.1 Å². The summed E-state index contributed by atoms with van der Waals surface area (Å²) >= 11 is 1.45. The number of hydrogen-bond acceptors (Lipinski definition) is 5. The number of nitrogens with zero attached hydrogens (tertiary/aromatic N) is 1. The third-order valence-corrected chi connectivity index (χ3v) is 5.23. The molecular weight excluding hydrogens is 306 g/mol. The predicted octanol–water partition coefficient (Wildman–Crippen LogP) is 1.90. The molecule has 0 radical (unpaired) electrons. The molecule has 0 aliphatic carbocycles. The summed E-state index contributed by atoms with van der Waals surface area (Å²) in [7, 11) is -1.70. The number of rotatable bonds is 7. The number of aromatic nitrogens is 1. The van der Waals surface area contributed by atoms with Crippen molar-refractivity contribution < 1.29 is 8.42 Å². The molecule has 0 aliphatic heterocycles. The Morgan fingerprint density at radius 1 is 1.29 bits per heavy atom. The second-order valence-electron chi connectivity index (χ2n) is 4.63. The molecular formula is C14H19N3O2S2. The number of hydrogen-bond donors (Lipinski definition) is 2. The zero-order valence-electron chi connectivity index (χ0n) is 12.1. The van der Waals surface area contributed by atoms with Crippen LogP contribution in [-0.4, -0.2) is 20.4 Å². The van der Waals surface area contributed by atoms with Crippen LogP contribution in [0.25, 0.3) is 0 Å². The lowest BCUT2D eigenvalue weighted by atomic mass is 10.1. The maximum Gasteiger partial charge on any atom is 0.241 e. The van der Waals surface area contributed by atoms with Crippen molar-refractivity contribution in [3.63, 3.8) is 0 Å². The fourth-order valence-corrected chi connectivity index (χ4v) is 3.94. The summed E-state index contributed by atoms with van der Waals surface area (Å²) in [6.45, 7) is 2.80. The molecule has 1 aromatic heterocycles. The van der Waals surface area contributed by atoms with Crippen LogP contribution in [0.5, 0.6) is 0 Å². The summed E-state index contributed by atoms with van der Waals surface area (Å²) in [5, 5.41) is 4.86. The first-order valence-electron chi connectivity index (χ1n) is 6.70. The molecule has 21 heavy (non-hydrogen) atoms. The average molecular weight is 325 g/mol. The highest BCUT2D eigenvalue weighted by Crippen LogP contribution is 2.19. The number of sulfonamides is 1. The van der Waals surface area contributed by atoms with E-state index in [1.165, 1.54) is 11.3 Å². The van der Waals surface area contributed by atoms with Crippen LogP contribution in [0.1, 0.15) is 23.7 Å². The van der Waals surface area contributed by atoms with Gasteiger partial charge in [-0.3, -0.25) is 0 Å². The largest absolute Gasteiger partial charge is 0.316 e. The van der Waals surface area contributed by atoms with Gasteiger partial charge in [-0.15, -0.1) is 11.3 Å². The van der Waals surface area contributed by atoms with Crippen molar-refractivity contribution in [2.75, 3.05) is 7.05 Å². The van der Waals surface area contributed by atoms with Crippen LogP contribution in [0.2, 0.25) is 0 Å². The Bertz CT molecular complexity index is 682. The minimum Gasteiger partial charge on any atom is -0.316 e. The van der Waals surface area contributed by atoms with E-state index in [0.29, 0.717) is 17.9 Å². The van der Waals surface area contributed by atoms with Gasteiger partial charge in [0.15, 0.2) is 0 Å². The van der Waals surface area contributed by atoms with E-state index in [4.69, 9.17) is 0 Å². The Hall–Kier alpha value is -1.28. The lowest BCUT2D eigenvalue weighted by Gasteiger charge is -2.12. The fraction of sp³-hybridized carbons (Fsp3) is 0.357. The Labute approximate surface area is 129 Å². The van der Waals surface area contributed by atoms with Crippen LogP contribution in [0, 0.1) is 0 Å². The third-order valence-electron chi connectivity index (χ3n) is 3.11. The molecule has 2 N–H and O–H groups in total. The monoisotopic (exact) mass is 325 g/mol. The maximum absolute atomic E-state index is 12.5. The number of thiazole rings is 1. The van der Waals surface area contributed by atoms with Gasteiger partial charge in [0.2, 0.25) is 10.0 Å². The molecule has 0 unspecified atom stereocenters. The van der Waals surface area contributed by atoms with Crippen LogP contribution < -0.4 is 10.0 Å². The fourth-order valence-electron chi connectivity index (χ4n) is 2.03. The van der Waals surface area contributed by atoms with E-state index in [0.717, 1.165) is 16.8 Å². The Morgan fingerprint density at radius 3 is 2.71 bits per heavy atom. The van der Waals surface area contributed by atoms with E-state index >= 15 is 0 Å². The average Bonchev–Trinajstić information content (AvgIpc) is 2.99. The zero-order valence-corrected chi connectivity index (χ0v) is 13.7. The highest BCUT2D eigenvalue weighted by Gasteiger charge is 2.18. The van der Waals surface area contributed by atoms with Crippen LogP contribution in [0.15, 0.2) is 34.0 Å². The van der Waals surface area contributed by atoms with E-state index in [1.54, 1.807) is 11.6 Å². The molecule has 0 amide bonds. The molecule has 0 bridgehead atoms. The van der Waals surface area contributed by atoms with E-state index in [1.807, 2.05) is 31.5 Å². The standard InChI is InChI=1S/C14H19N3O2S2/c1-3-12-5-4-11(7-15-2)6-14(12)21(18,19)17-8-13-9-20-10-16-13/h4-6,9-10,15,17H,3,7-8H2,1-2H3. The van der Waals surface area contributed by atoms with Gasteiger partial charge < -0.3 is 5.32 Å². The third kappa shape index (κ3) is 4.10. The van der Waals surface area contributed by atoms with E-state index in [9.17, 15) is 8.42 Å². The van der Waals surface area contributed by atoms with E-state index < -0.39 is 10.0 Å². The highest BCUT2D eigenvalue weighted by molar-refractivity contribution is 7.89. The van der Waals surface area contributed by atoms with Crippen molar-refractivity contribution in [3.05, 3.63) is 45.9 Å². The number of benzene rings is 1. The molecule has 0 aliphatic rings. The summed E-state index contributed by atoms with van der Waals surface area (Å²) in [6, 6.07) is 5.57. The van der Waals surface area contributed by atoms with Crippen molar-refractivity contribution in [1.82, 2.24) is 15.0 Å². The molecule has 0 atom stereocenters. The second-order valence-corrected chi connectivity index (χ2v) is 7.08. The second kappa shape index (κ2) is 7.13. The predicted molar refractivity (Wildman–Crippen MR) is 84.7 cm³/mol. The van der Waals surface area contributed by atoms with Crippen LogP contribution in [0.4, 0.5) is 0 Å². The Morgan fingerprint density at radius 2 is 2.10 bits per heavy atom. The van der Waals surface area contributed by atoms with Crippen LogP contribution >= 0.6 is 11.3 Å². The first-order chi connectivity index (χ1) is 10.1. The molecule has 7 heteroatoms. The molecule has 0 saturated heterocycles. The summed E-state index contributed by atoms with van der Waals surface area (Å²) in [5.74, 6) is 0. The van der Waals surface area contributed by atoms with Gasteiger partial charge in [-0.2, -0.15) is 0 Å². The number of nitrogens with one attached hydrogen (secondary N) is 2. The van der Waals surface area contributed by atoms with Crippen molar-refractivity contribution in [2.24, 2.45) is 0 Å². The highest BCUT2D eigenvalue weighted by atomic mass is 32.2. The van der Waals surface area contributed by atoms with Crippen molar-refractivity contribution in [2.45, 2.75) is 31.3 Å². The molecule has 5 nitrogen and oxygen atoms in total. The van der Waals surface area contributed by atoms with Gasteiger partial charge >= 0.3 is 0 Å². The molecule has 1 aromatic carbocycles. The lowest BCUT2D eigenvalue weighted by Crippen LogP contribution is -2.24. The van der Waals surface area contributed by atoms with Crippen LogP contribution in [-0.2, 0) is 29.5 Å². The van der Waals surface area contributed by atoms with Gasteiger partial charge in [-0.25, -0.2) is 18.1 Å².